The van der Waals surface area contributed by atoms with E-state index in [9.17, 15) is 4.57 Å². The van der Waals surface area contributed by atoms with E-state index in [2.05, 4.69) is 19.1 Å². The average molecular weight is 324 g/mol. The Bertz CT molecular complexity index is 478. The van der Waals surface area contributed by atoms with E-state index in [4.69, 9.17) is 9.05 Å². The van der Waals surface area contributed by atoms with Gasteiger partial charge in [0.2, 0.25) is 0 Å². The molecule has 3 nitrogen and oxygen atoms in total. The maximum Gasteiger partial charge on any atom is 0.334 e. The highest BCUT2D eigenvalue weighted by Gasteiger charge is 2.44. The molecule has 0 radical (unpaired) electrons. The molecule has 2 rings (SSSR count). The summed E-state index contributed by atoms with van der Waals surface area (Å²) in [4.78, 5) is 0. The van der Waals surface area contributed by atoms with Crippen LogP contribution in [0.15, 0.2) is 30.3 Å². The second kappa shape index (κ2) is 8.29. The number of hydrogen-bond donors (Lipinski definition) is 0. The molecule has 1 saturated carbocycles. The summed E-state index contributed by atoms with van der Waals surface area (Å²) in [6.07, 6.45) is 4.33. The second-order valence-electron chi connectivity index (χ2n) is 6.20. The molecule has 1 aromatic carbocycles. The largest absolute Gasteiger partial charge is 0.334 e. The standard InChI is InChI=1S/C18H29O3P/c1-4-20-22(19,21-5-2)18(17-13-9-10-15(17)3)14-16-11-7-6-8-12-16/h6-8,11-12,15,17-18H,4-5,9-10,13-14H2,1-3H3. The van der Waals surface area contributed by atoms with Crippen LogP contribution in [0.25, 0.3) is 0 Å². The zero-order valence-corrected chi connectivity index (χ0v) is 14.9. The van der Waals surface area contributed by atoms with Gasteiger partial charge in [0.05, 0.1) is 18.9 Å². The Hall–Kier alpha value is -0.630. The molecule has 1 aliphatic rings. The van der Waals surface area contributed by atoms with Crippen LogP contribution < -0.4 is 0 Å². The minimum atomic E-state index is -3.08. The van der Waals surface area contributed by atoms with Crippen molar-refractivity contribution in [2.75, 3.05) is 13.2 Å². The van der Waals surface area contributed by atoms with Crippen molar-refractivity contribution in [1.82, 2.24) is 0 Å². The Labute approximate surface area is 134 Å². The van der Waals surface area contributed by atoms with Gasteiger partial charge in [0, 0.05) is 0 Å². The van der Waals surface area contributed by atoms with Crippen LogP contribution in [0.5, 0.6) is 0 Å². The molecule has 0 amide bonds. The molecule has 0 aromatic heterocycles. The minimum absolute atomic E-state index is 0.0349. The van der Waals surface area contributed by atoms with Gasteiger partial charge in [-0.3, -0.25) is 4.57 Å². The van der Waals surface area contributed by atoms with Gasteiger partial charge in [0.25, 0.3) is 0 Å². The molecule has 0 saturated heterocycles. The van der Waals surface area contributed by atoms with Crippen LogP contribution in [0.1, 0.15) is 45.6 Å². The van der Waals surface area contributed by atoms with Crippen LogP contribution in [0.3, 0.4) is 0 Å². The van der Waals surface area contributed by atoms with Crippen molar-refractivity contribution in [3.8, 4) is 0 Å². The molecule has 22 heavy (non-hydrogen) atoms. The fraction of sp³-hybridized carbons (Fsp3) is 0.667. The molecular weight excluding hydrogens is 295 g/mol. The van der Waals surface area contributed by atoms with Crippen LogP contribution >= 0.6 is 7.60 Å². The molecule has 0 N–H and O–H groups in total. The molecule has 1 aromatic rings. The monoisotopic (exact) mass is 324 g/mol. The third-order valence-electron chi connectivity index (χ3n) is 4.73. The molecule has 3 unspecified atom stereocenters. The van der Waals surface area contributed by atoms with E-state index >= 15 is 0 Å². The van der Waals surface area contributed by atoms with Crippen LogP contribution in [0.4, 0.5) is 0 Å². The van der Waals surface area contributed by atoms with Crippen LogP contribution in [0, 0.1) is 11.8 Å². The highest BCUT2D eigenvalue weighted by atomic mass is 31.2. The summed E-state index contributed by atoms with van der Waals surface area (Å²) in [6, 6.07) is 10.3. The summed E-state index contributed by atoms with van der Waals surface area (Å²) >= 11 is 0. The van der Waals surface area contributed by atoms with Gasteiger partial charge in [-0.2, -0.15) is 0 Å². The summed E-state index contributed by atoms with van der Waals surface area (Å²) in [7, 11) is -3.08. The Morgan fingerprint density at radius 3 is 2.27 bits per heavy atom. The SMILES string of the molecule is CCOP(=O)(OCC)C(Cc1ccccc1)C1CCCC1C. The fourth-order valence-electron chi connectivity index (χ4n) is 3.69. The Kier molecular flexibility index (Phi) is 6.67. The summed E-state index contributed by atoms with van der Waals surface area (Å²) < 4.78 is 24.8. The van der Waals surface area contributed by atoms with E-state index < -0.39 is 7.60 Å². The van der Waals surface area contributed by atoms with Gasteiger partial charge < -0.3 is 9.05 Å². The van der Waals surface area contributed by atoms with Gasteiger partial charge in [-0.15, -0.1) is 0 Å². The van der Waals surface area contributed by atoms with Gasteiger partial charge in [-0.05, 0) is 44.1 Å². The summed E-state index contributed by atoms with van der Waals surface area (Å²) in [5, 5.41) is 0. The Balaban J connectivity index is 2.29. The van der Waals surface area contributed by atoms with Gasteiger partial charge in [-0.1, -0.05) is 50.1 Å². The minimum Gasteiger partial charge on any atom is -0.309 e. The Morgan fingerprint density at radius 1 is 1.14 bits per heavy atom. The Morgan fingerprint density at radius 2 is 1.77 bits per heavy atom. The normalized spacial score (nSPS) is 23.6. The van der Waals surface area contributed by atoms with Gasteiger partial charge in [0.1, 0.15) is 0 Å². The maximum atomic E-state index is 13.4. The zero-order chi connectivity index (χ0) is 16.0. The molecule has 1 aliphatic carbocycles. The molecule has 3 atom stereocenters. The predicted molar refractivity (Wildman–Crippen MR) is 91.3 cm³/mol. The molecule has 1 fully saturated rings. The highest BCUT2D eigenvalue weighted by molar-refractivity contribution is 7.54. The van der Waals surface area contributed by atoms with Gasteiger partial charge >= 0.3 is 7.60 Å². The third-order valence-corrected chi connectivity index (χ3v) is 7.35. The van der Waals surface area contributed by atoms with Crippen LogP contribution in [-0.4, -0.2) is 18.9 Å². The van der Waals surface area contributed by atoms with Crippen LogP contribution in [-0.2, 0) is 20.0 Å². The first-order valence-electron chi connectivity index (χ1n) is 8.53. The lowest BCUT2D eigenvalue weighted by Crippen LogP contribution is -2.27. The van der Waals surface area contributed by atoms with Crippen LogP contribution in [0.2, 0.25) is 0 Å². The second-order valence-corrected chi connectivity index (χ2v) is 8.46. The summed E-state index contributed by atoms with van der Waals surface area (Å²) in [5.41, 5.74) is 1.18. The van der Waals surface area contributed by atoms with E-state index in [1.54, 1.807) is 0 Å². The molecule has 0 aliphatic heterocycles. The maximum absolute atomic E-state index is 13.4. The van der Waals surface area contributed by atoms with E-state index in [-0.39, 0.29) is 5.66 Å². The molecular formula is C18H29O3P. The fourth-order valence-corrected chi connectivity index (χ4v) is 6.21. The van der Waals surface area contributed by atoms with Gasteiger partial charge in [-0.25, -0.2) is 0 Å². The topological polar surface area (TPSA) is 35.5 Å². The lowest BCUT2D eigenvalue weighted by Gasteiger charge is -2.33. The molecule has 124 valence electrons. The number of benzene rings is 1. The van der Waals surface area contributed by atoms with Crippen molar-refractivity contribution >= 4 is 7.60 Å². The van der Waals surface area contributed by atoms with Crippen molar-refractivity contribution < 1.29 is 13.6 Å². The van der Waals surface area contributed by atoms with Crippen molar-refractivity contribution in [2.24, 2.45) is 11.8 Å². The summed E-state index contributed by atoms with van der Waals surface area (Å²) in [5.74, 6) is 1.01. The first-order valence-corrected chi connectivity index (χ1v) is 10.1. The quantitative estimate of drug-likeness (QED) is 0.609. The lowest BCUT2D eigenvalue weighted by molar-refractivity contribution is 0.197. The predicted octanol–water partition coefficient (Wildman–Crippen LogP) is 5.30. The van der Waals surface area contributed by atoms with E-state index in [0.717, 1.165) is 12.8 Å². The van der Waals surface area contributed by atoms with Crippen molar-refractivity contribution in [2.45, 2.75) is 52.1 Å². The van der Waals surface area contributed by atoms with Gasteiger partial charge in [0.15, 0.2) is 0 Å². The lowest BCUT2D eigenvalue weighted by atomic mass is 9.91. The molecule has 4 heteroatoms. The highest BCUT2D eigenvalue weighted by Crippen LogP contribution is 2.59. The number of hydrogen-bond acceptors (Lipinski definition) is 3. The molecule has 0 spiro atoms. The van der Waals surface area contributed by atoms with E-state index in [1.807, 2.05) is 32.0 Å². The molecule has 0 bridgehead atoms. The average Bonchev–Trinajstić information content (AvgIpc) is 2.92. The van der Waals surface area contributed by atoms with Crippen molar-refractivity contribution in [3.05, 3.63) is 35.9 Å². The summed E-state index contributed by atoms with van der Waals surface area (Å²) in [6.45, 7) is 6.93. The van der Waals surface area contributed by atoms with Crippen molar-refractivity contribution in [1.29, 1.82) is 0 Å². The first kappa shape index (κ1) is 17.7. The smallest absolute Gasteiger partial charge is 0.309 e. The van der Waals surface area contributed by atoms with E-state index in [0.29, 0.717) is 25.0 Å². The van der Waals surface area contributed by atoms with E-state index in [1.165, 1.54) is 18.4 Å². The zero-order valence-electron chi connectivity index (χ0n) is 14.0. The van der Waals surface area contributed by atoms with Crippen molar-refractivity contribution in [3.63, 3.8) is 0 Å². The first-order chi connectivity index (χ1) is 10.6. The number of rotatable bonds is 8. The molecule has 0 heterocycles. The third kappa shape index (κ3) is 4.22.